The first-order chi connectivity index (χ1) is 17.5. The van der Waals surface area contributed by atoms with E-state index in [0.717, 1.165) is 17.0 Å². The predicted molar refractivity (Wildman–Crippen MR) is 134 cm³/mol. The second-order valence-corrected chi connectivity index (χ2v) is 9.22. The lowest BCUT2D eigenvalue weighted by Gasteiger charge is -2.13. The number of alkyl halides is 3. The Kier molecular flexibility index (Phi) is 8.93. The van der Waals surface area contributed by atoms with Crippen LogP contribution in [0.5, 0.6) is 0 Å². The van der Waals surface area contributed by atoms with Crippen LogP contribution < -0.4 is 10.6 Å². The Balaban J connectivity index is 1.69. The summed E-state index contributed by atoms with van der Waals surface area (Å²) in [7, 11) is 0. The van der Waals surface area contributed by atoms with Gasteiger partial charge in [0, 0.05) is 10.6 Å². The number of esters is 2. The maximum absolute atomic E-state index is 13.0. The predicted octanol–water partition coefficient (Wildman–Crippen LogP) is 6.61. The van der Waals surface area contributed by atoms with Crippen molar-refractivity contribution in [3.8, 4) is 0 Å². The maximum atomic E-state index is 13.0. The van der Waals surface area contributed by atoms with Crippen molar-refractivity contribution >= 4 is 45.6 Å². The van der Waals surface area contributed by atoms with Crippen molar-refractivity contribution in [3.05, 3.63) is 76.2 Å². The summed E-state index contributed by atoms with van der Waals surface area (Å²) in [5.74, 6) is -1.99. The maximum Gasteiger partial charge on any atom is 0.416 e. The molecule has 0 atom stereocenters. The van der Waals surface area contributed by atoms with E-state index in [0.29, 0.717) is 0 Å². The summed E-state index contributed by atoms with van der Waals surface area (Å²) < 4.78 is 49.3. The first-order valence-corrected chi connectivity index (χ1v) is 12.1. The molecule has 2 aromatic carbocycles. The highest BCUT2D eigenvalue weighted by Gasteiger charge is 2.30. The minimum atomic E-state index is -4.52. The SMILES string of the molecule is CCOC(=O)c1cc(C(C)C)sc1NC(=O)COC(=O)c1ccccc1Nc1cccc(C(F)(F)F)c1. The Morgan fingerprint density at radius 3 is 2.32 bits per heavy atom. The Morgan fingerprint density at radius 1 is 0.946 bits per heavy atom. The average Bonchev–Trinajstić information content (AvgIpc) is 3.27. The van der Waals surface area contributed by atoms with Gasteiger partial charge in [-0.25, -0.2) is 9.59 Å². The molecule has 1 heterocycles. The van der Waals surface area contributed by atoms with Crippen LogP contribution in [0.3, 0.4) is 0 Å². The molecule has 0 saturated heterocycles. The van der Waals surface area contributed by atoms with Crippen molar-refractivity contribution in [3.63, 3.8) is 0 Å². The quantitative estimate of drug-likeness (QED) is 0.300. The number of halogens is 3. The number of nitrogens with one attached hydrogen (secondary N) is 2. The summed E-state index contributed by atoms with van der Waals surface area (Å²) in [6.07, 6.45) is -4.52. The summed E-state index contributed by atoms with van der Waals surface area (Å²) >= 11 is 1.22. The van der Waals surface area contributed by atoms with Crippen LogP contribution in [0.4, 0.5) is 29.5 Å². The number of hydrogen-bond acceptors (Lipinski definition) is 7. The van der Waals surface area contributed by atoms with Crippen LogP contribution in [-0.2, 0) is 20.4 Å². The van der Waals surface area contributed by atoms with Crippen molar-refractivity contribution in [1.29, 1.82) is 0 Å². The van der Waals surface area contributed by atoms with Crippen molar-refractivity contribution in [1.82, 2.24) is 0 Å². The molecule has 0 fully saturated rings. The third kappa shape index (κ3) is 7.32. The van der Waals surface area contributed by atoms with E-state index >= 15 is 0 Å². The van der Waals surface area contributed by atoms with E-state index in [4.69, 9.17) is 9.47 Å². The molecule has 0 saturated carbocycles. The average molecular weight is 535 g/mol. The van der Waals surface area contributed by atoms with Gasteiger partial charge in [-0.3, -0.25) is 4.79 Å². The van der Waals surface area contributed by atoms with Gasteiger partial charge in [-0.05, 0) is 49.2 Å². The van der Waals surface area contributed by atoms with E-state index in [1.54, 1.807) is 25.1 Å². The van der Waals surface area contributed by atoms with Gasteiger partial charge in [0.15, 0.2) is 6.61 Å². The number of para-hydroxylation sites is 1. The molecule has 7 nitrogen and oxygen atoms in total. The minimum absolute atomic E-state index is 0.0261. The van der Waals surface area contributed by atoms with E-state index in [9.17, 15) is 27.6 Å². The lowest BCUT2D eigenvalue weighted by atomic mass is 10.1. The van der Waals surface area contributed by atoms with Crippen LogP contribution in [0.25, 0.3) is 0 Å². The molecular weight excluding hydrogens is 509 g/mol. The van der Waals surface area contributed by atoms with Gasteiger partial charge in [0.2, 0.25) is 0 Å². The first kappa shape index (κ1) is 27.7. The zero-order valence-corrected chi connectivity index (χ0v) is 21.1. The van der Waals surface area contributed by atoms with Crippen LogP contribution in [0.1, 0.15) is 57.8 Å². The monoisotopic (exact) mass is 534 g/mol. The fourth-order valence-corrected chi connectivity index (χ4v) is 4.28. The van der Waals surface area contributed by atoms with Gasteiger partial charge in [-0.2, -0.15) is 13.2 Å². The van der Waals surface area contributed by atoms with Crippen LogP contribution in [0, 0.1) is 0 Å². The number of rotatable bonds is 9. The molecule has 0 bridgehead atoms. The van der Waals surface area contributed by atoms with E-state index in [2.05, 4.69) is 10.6 Å². The summed E-state index contributed by atoms with van der Waals surface area (Å²) in [6, 6.07) is 12.3. The van der Waals surface area contributed by atoms with Crippen LogP contribution in [-0.4, -0.2) is 31.1 Å². The Labute approximate surface area is 215 Å². The second kappa shape index (κ2) is 11.9. The molecule has 0 radical (unpaired) electrons. The highest BCUT2D eigenvalue weighted by atomic mass is 32.1. The van der Waals surface area contributed by atoms with Gasteiger partial charge in [0.1, 0.15) is 5.00 Å². The summed E-state index contributed by atoms with van der Waals surface area (Å²) in [5, 5.41) is 5.66. The number of benzene rings is 2. The summed E-state index contributed by atoms with van der Waals surface area (Å²) in [5.41, 5.74) is -0.274. The van der Waals surface area contributed by atoms with Gasteiger partial charge in [0.25, 0.3) is 5.91 Å². The standard InChI is InChI=1S/C26H25F3N2O5S/c1-4-35-25(34)19-13-21(15(2)3)37-23(19)31-22(32)14-36-24(33)18-10-5-6-11-20(18)30-17-9-7-8-16(12-17)26(27,28)29/h5-13,15,30H,4,14H2,1-3H3,(H,31,32). The fourth-order valence-electron chi connectivity index (χ4n) is 3.22. The van der Waals surface area contributed by atoms with E-state index in [1.807, 2.05) is 13.8 Å². The molecule has 11 heteroatoms. The fraction of sp³-hybridized carbons (Fsp3) is 0.269. The number of carbonyl (C=O) groups excluding carboxylic acids is 3. The molecule has 0 aliphatic rings. The van der Waals surface area contributed by atoms with Crippen molar-refractivity contribution in [2.45, 2.75) is 32.9 Å². The lowest BCUT2D eigenvalue weighted by molar-refractivity contribution is -0.137. The number of carbonyl (C=O) groups is 3. The third-order valence-electron chi connectivity index (χ3n) is 5.02. The van der Waals surface area contributed by atoms with Crippen molar-refractivity contribution < 1.29 is 37.0 Å². The molecular formula is C26H25F3N2O5S. The highest BCUT2D eigenvalue weighted by Crippen LogP contribution is 2.34. The van der Waals surface area contributed by atoms with Crippen LogP contribution in [0.2, 0.25) is 0 Å². The van der Waals surface area contributed by atoms with Gasteiger partial charge < -0.3 is 20.1 Å². The van der Waals surface area contributed by atoms with Gasteiger partial charge >= 0.3 is 18.1 Å². The smallest absolute Gasteiger partial charge is 0.416 e. The number of ether oxygens (including phenoxy) is 2. The van der Waals surface area contributed by atoms with Crippen LogP contribution >= 0.6 is 11.3 Å². The first-order valence-electron chi connectivity index (χ1n) is 11.3. The van der Waals surface area contributed by atoms with Crippen molar-refractivity contribution in [2.75, 3.05) is 23.8 Å². The molecule has 1 aromatic heterocycles. The zero-order chi connectivity index (χ0) is 27.2. The molecule has 3 rings (SSSR count). The Bertz CT molecular complexity index is 1290. The summed E-state index contributed by atoms with van der Waals surface area (Å²) in [4.78, 5) is 38.4. The molecule has 0 aliphatic carbocycles. The summed E-state index contributed by atoms with van der Waals surface area (Å²) in [6.45, 7) is 5.08. The molecule has 196 valence electrons. The molecule has 0 spiro atoms. The number of amides is 1. The molecule has 0 aliphatic heterocycles. The molecule has 1 amide bonds. The second-order valence-electron chi connectivity index (χ2n) is 8.14. The van der Waals surface area contributed by atoms with Gasteiger partial charge in [-0.1, -0.05) is 32.0 Å². The Morgan fingerprint density at radius 2 is 1.65 bits per heavy atom. The topological polar surface area (TPSA) is 93.7 Å². The number of thiophene rings is 1. The lowest BCUT2D eigenvalue weighted by Crippen LogP contribution is -2.22. The van der Waals surface area contributed by atoms with E-state index in [1.165, 1.54) is 35.6 Å². The molecule has 37 heavy (non-hydrogen) atoms. The molecule has 2 N–H and O–H groups in total. The largest absolute Gasteiger partial charge is 0.462 e. The van der Waals surface area contributed by atoms with Crippen molar-refractivity contribution in [2.24, 2.45) is 0 Å². The van der Waals surface area contributed by atoms with E-state index in [-0.39, 0.29) is 40.0 Å². The number of hydrogen-bond donors (Lipinski definition) is 2. The van der Waals surface area contributed by atoms with E-state index < -0.39 is 36.2 Å². The third-order valence-corrected chi connectivity index (χ3v) is 6.37. The minimum Gasteiger partial charge on any atom is -0.462 e. The van der Waals surface area contributed by atoms with Crippen LogP contribution in [0.15, 0.2) is 54.6 Å². The number of anilines is 3. The molecule has 0 unspecified atom stereocenters. The van der Waals surface area contributed by atoms with Gasteiger partial charge in [-0.15, -0.1) is 11.3 Å². The zero-order valence-electron chi connectivity index (χ0n) is 20.3. The highest BCUT2D eigenvalue weighted by molar-refractivity contribution is 7.16. The van der Waals surface area contributed by atoms with Gasteiger partial charge in [0.05, 0.1) is 29.0 Å². The normalized spacial score (nSPS) is 11.2. The Hall–Kier alpha value is -3.86. The molecule has 3 aromatic rings.